The van der Waals surface area contributed by atoms with E-state index in [-0.39, 0.29) is 19.0 Å². The lowest BCUT2D eigenvalue weighted by Crippen LogP contribution is -2.45. The van der Waals surface area contributed by atoms with Gasteiger partial charge in [0, 0.05) is 6.54 Å². The average molecular weight is 296 g/mol. The molecule has 0 amide bonds. The number of unbranched alkanes of at least 4 members (excludes halogenated alkanes) is 3. The summed E-state index contributed by atoms with van der Waals surface area (Å²) in [6.07, 6.45) is 5.43. The summed E-state index contributed by atoms with van der Waals surface area (Å²) in [7, 11) is 0. The van der Waals surface area contributed by atoms with Gasteiger partial charge in [0.25, 0.3) is 0 Å². The maximum Gasteiger partial charge on any atom is 0.317 e. The molecule has 0 bridgehead atoms. The minimum atomic E-state index is -0.824. The largest absolute Gasteiger partial charge is 0.480 e. The number of carboxylic acids is 1. The van der Waals surface area contributed by atoms with Crippen LogP contribution in [0.2, 0.25) is 0 Å². The third-order valence-electron chi connectivity index (χ3n) is 2.83. The van der Waals surface area contributed by atoms with Crippen LogP contribution in [0.5, 0.6) is 0 Å². The first-order valence-electron chi connectivity index (χ1n) is 6.87. The van der Waals surface area contributed by atoms with Gasteiger partial charge in [-0.3, -0.25) is 9.69 Å². The molecule has 0 radical (unpaired) electrons. The summed E-state index contributed by atoms with van der Waals surface area (Å²) in [5.74, 6) is -0.0563. The van der Waals surface area contributed by atoms with Crippen LogP contribution in [0.3, 0.4) is 0 Å². The SMILES string of the molecule is CC(C)CCCCCCN(CC(=O)O)CC(N)N.Cl. The van der Waals surface area contributed by atoms with E-state index in [4.69, 9.17) is 16.6 Å². The van der Waals surface area contributed by atoms with Gasteiger partial charge >= 0.3 is 5.97 Å². The molecule has 0 aromatic carbocycles. The first kappa shape index (κ1) is 20.9. The molecule has 0 heterocycles. The number of nitrogens with zero attached hydrogens (tertiary/aromatic N) is 1. The Hall–Kier alpha value is -0.360. The Kier molecular flexibility index (Phi) is 14.0. The van der Waals surface area contributed by atoms with Gasteiger partial charge in [-0.25, -0.2) is 0 Å². The van der Waals surface area contributed by atoms with Gasteiger partial charge in [-0.15, -0.1) is 12.4 Å². The van der Waals surface area contributed by atoms with E-state index in [2.05, 4.69) is 13.8 Å². The molecule has 19 heavy (non-hydrogen) atoms. The molecule has 0 unspecified atom stereocenters. The second kappa shape index (κ2) is 12.7. The smallest absolute Gasteiger partial charge is 0.317 e. The Morgan fingerprint density at radius 2 is 1.74 bits per heavy atom. The second-order valence-electron chi connectivity index (χ2n) is 5.39. The molecule has 5 N–H and O–H groups in total. The summed E-state index contributed by atoms with van der Waals surface area (Å²) in [5.41, 5.74) is 11.0. The zero-order chi connectivity index (χ0) is 14.0. The average Bonchev–Trinajstić information content (AvgIpc) is 2.20. The van der Waals surface area contributed by atoms with Gasteiger partial charge in [0.15, 0.2) is 0 Å². The van der Waals surface area contributed by atoms with Crippen molar-refractivity contribution in [2.75, 3.05) is 19.6 Å². The Bertz CT molecular complexity index is 226. The van der Waals surface area contributed by atoms with Crippen molar-refractivity contribution in [3.8, 4) is 0 Å². The summed E-state index contributed by atoms with van der Waals surface area (Å²) in [6.45, 7) is 5.70. The first-order valence-corrected chi connectivity index (χ1v) is 6.87. The Morgan fingerprint density at radius 1 is 1.16 bits per heavy atom. The van der Waals surface area contributed by atoms with Crippen LogP contribution in [-0.2, 0) is 4.79 Å². The van der Waals surface area contributed by atoms with Crippen LogP contribution in [0, 0.1) is 5.92 Å². The molecule has 116 valence electrons. The highest BCUT2D eigenvalue weighted by Gasteiger charge is 2.11. The predicted molar refractivity (Wildman–Crippen MR) is 81.4 cm³/mol. The minimum absolute atomic E-state index is 0. The highest BCUT2D eigenvalue weighted by atomic mass is 35.5. The van der Waals surface area contributed by atoms with Crippen molar-refractivity contribution in [1.82, 2.24) is 4.90 Å². The standard InChI is InChI=1S/C13H29N3O2.ClH/c1-11(2)7-5-3-4-6-8-16(9-12(14)15)10-13(17)18;/h11-12H,3-10,14-15H2,1-2H3,(H,17,18);1H. The molecule has 0 aromatic rings. The van der Waals surface area contributed by atoms with E-state index in [1.807, 2.05) is 4.90 Å². The summed E-state index contributed by atoms with van der Waals surface area (Å²) >= 11 is 0. The van der Waals surface area contributed by atoms with Crippen LogP contribution in [0.25, 0.3) is 0 Å². The molecule has 0 aliphatic carbocycles. The van der Waals surface area contributed by atoms with Crippen LogP contribution < -0.4 is 11.5 Å². The summed E-state index contributed by atoms with van der Waals surface area (Å²) in [5, 5.41) is 8.78. The fourth-order valence-electron chi connectivity index (χ4n) is 1.97. The van der Waals surface area contributed by atoms with Crippen molar-refractivity contribution in [3.63, 3.8) is 0 Å². The van der Waals surface area contributed by atoms with Gasteiger partial charge in [-0.1, -0.05) is 39.5 Å². The highest BCUT2D eigenvalue weighted by molar-refractivity contribution is 5.85. The van der Waals surface area contributed by atoms with E-state index in [0.717, 1.165) is 25.3 Å². The van der Waals surface area contributed by atoms with Gasteiger partial charge in [0.1, 0.15) is 0 Å². The van der Waals surface area contributed by atoms with E-state index < -0.39 is 12.1 Å². The van der Waals surface area contributed by atoms with Gasteiger partial charge < -0.3 is 16.6 Å². The zero-order valence-electron chi connectivity index (χ0n) is 12.2. The first-order chi connectivity index (χ1) is 8.41. The lowest BCUT2D eigenvalue weighted by Gasteiger charge is -2.21. The molecule has 0 atom stereocenters. The zero-order valence-corrected chi connectivity index (χ0v) is 13.0. The van der Waals surface area contributed by atoms with Crippen molar-refractivity contribution in [3.05, 3.63) is 0 Å². The van der Waals surface area contributed by atoms with Gasteiger partial charge in [0.05, 0.1) is 12.7 Å². The normalized spacial score (nSPS) is 11.1. The molecule has 0 saturated carbocycles. The Morgan fingerprint density at radius 3 is 2.21 bits per heavy atom. The second-order valence-corrected chi connectivity index (χ2v) is 5.39. The number of carbonyl (C=O) groups is 1. The quantitative estimate of drug-likeness (QED) is 0.398. The summed E-state index contributed by atoms with van der Waals surface area (Å²) in [4.78, 5) is 12.5. The topological polar surface area (TPSA) is 92.6 Å². The maximum absolute atomic E-state index is 10.7. The van der Waals surface area contributed by atoms with Crippen LogP contribution >= 0.6 is 12.4 Å². The van der Waals surface area contributed by atoms with Crippen molar-refractivity contribution in [2.24, 2.45) is 17.4 Å². The van der Waals surface area contributed by atoms with E-state index in [1.54, 1.807) is 0 Å². The Balaban J connectivity index is 0. The molecule has 0 spiro atoms. The fourth-order valence-corrected chi connectivity index (χ4v) is 1.97. The van der Waals surface area contributed by atoms with Crippen LogP contribution in [0.4, 0.5) is 0 Å². The van der Waals surface area contributed by atoms with Gasteiger partial charge in [0.2, 0.25) is 0 Å². The minimum Gasteiger partial charge on any atom is -0.480 e. The monoisotopic (exact) mass is 295 g/mol. The van der Waals surface area contributed by atoms with Crippen LogP contribution in [-0.4, -0.2) is 41.8 Å². The molecule has 0 aliphatic heterocycles. The highest BCUT2D eigenvalue weighted by Crippen LogP contribution is 2.09. The maximum atomic E-state index is 10.7. The third kappa shape index (κ3) is 15.6. The molecule has 0 aromatic heterocycles. The third-order valence-corrected chi connectivity index (χ3v) is 2.83. The number of hydrogen-bond donors (Lipinski definition) is 3. The molecule has 0 saturated heterocycles. The van der Waals surface area contributed by atoms with Crippen LogP contribution in [0.15, 0.2) is 0 Å². The molecule has 0 aliphatic rings. The summed E-state index contributed by atoms with van der Waals surface area (Å²) < 4.78 is 0. The number of nitrogens with two attached hydrogens (primary N) is 2. The van der Waals surface area contributed by atoms with E-state index in [0.29, 0.717) is 6.54 Å². The molecule has 6 heteroatoms. The van der Waals surface area contributed by atoms with E-state index >= 15 is 0 Å². The van der Waals surface area contributed by atoms with E-state index in [1.165, 1.54) is 19.3 Å². The number of hydrogen-bond acceptors (Lipinski definition) is 4. The lowest BCUT2D eigenvalue weighted by atomic mass is 10.0. The van der Waals surface area contributed by atoms with Crippen molar-refractivity contribution < 1.29 is 9.90 Å². The molecule has 5 nitrogen and oxygen atoms in total. The lowest BCUT2D eigenvalue weighted by molar-refractivity contribution is -0.138. The predicted octanol–water partition coefficient (Wildman–Crippen LogP) is 1.64. The fraction of sp³-hybridized carbons (Fsp3) is 0.923. The number of aliphatic carboxylic acids is 1. The van der Waals surface area contributed by atoms with Gasteiger partial charge in [-0.05, 0) is 18.9 Å². The van der Waals surface area contributed by atoms with Gasteiger partial charge in [-0.2, -0.15) is 0 Å². The number of rotatable bonds is 11. The number of halogens is 1. The van der Waals surface area contributed by atoms with E-state index in [9.17, 15) is 4.79 Å². The number of carboxylic acid groups (broad SMARTS) is 1. The molecular formula is C13H30ClN3O2. The molecule has 0 rings (SSSR count). The van der Waals surface area contributed by atoms with Crippen molar-refractivity contribution in [1.29, 1.82) is 0 Å². The molecular weight excluding hydrogens is 266 g/mol. The van der Waals surface area contributed by atoms with Crippen molar-refractivity contribution in [2.45, 2.75) is 52.1 Å². The summed E-state index contributed by atoms with van der Waals surface area (Å²) in [6, 6.07) is 0. The van der Waals surface area contributed by atoms with Crippen molar-refractivity contribution >= 4 is 18.4 Å². The Labute approximate surface area is 123 Å². The van der Waals surface area contributed by atoms with Crippen LogP contribution in [0.1, 0.15) is 46.0 Å². The molecule has 0 fully saturated rings.